The third-order valence-electron chi connectivity index (χ3n) is 1.78. The van der Waals surface area contributed by atoms with E-state index in [2.05, 4.69) is 0 Å². The first-order valence-corrected chi connectivity index (χ1v) is 4.48. The fraction of sp³-hybridized carbons (Fsp3) is 0.333. The van der Waals surface area contributed by atoms with E-state index in [4.69, 9.17) is 22.4 Å². The molecule has 1 unspecified atom stereocenters. The largest absolute Gasteiger partial charge is 0.417 e. The van der Waals surface area contributed by atoms with Crippen LogP contribution in [0.3, 0.4) is 0 Å². The average molecular weight is 240 g/mol. The summed E-state index contributed by atoms with van der Waals surface area (Å²) < 4.78 is 36.9. The molecule has 0 amide bonds. The molecule has 1 atom stereocenters. The number of hydrogen-bond donors (Lipinski definition) is 2. The summed E-state index contributed by atoms with van der Waals surface area (Å²) in [6.07, 6.45) is -5.49. The lowest BCUT2D eigenvalue weighted by Crippen LogP contribution is -2.21. The molecule has 0 aliphatic heterocycles. The van der Waals surface area contributed by atoms with Gasteiger partial charge in [0, 0.05) is 6.42 Å². The molecule has 0 bridgehead atoms. The molecule has 0 aromatic heterocycles. The first-order chi connectivity index (χ1) is 6.80. The maximum absolute atomic E-state index is 12.3. The van der Waals surface area contributed by atoms with Crippen LogP contribution in [0.25, 0.3) is 0 Å². The van der Waals surface area contributed by atoms with Crippen LogP contribution in [0.2, 0.25) is 5.02 Å². The number of hydrogen-bond acceptors (Lipinski definition) is 2. The Labute approximate surface area is 89.5 Å². The van der Waals surface area contributed by atoms with Crippen LogP contribution in [0.15, 0.2) is 18.2 Å². The van der Waals surface area contributed by atoms with Crippen LogP contribution in [0.4, 0.5) is 13.2 Å². The lowest BCUT2D eigenvalue weighted by molar-refractivity contribution is -0.137. The van der Waals surface area contributed by atoms with E-state index in [-0.39, 0.29) is 11.4 Å². The number of nitrogens with two attached hydrogens (primary N) is 1. The van der Waals surface area contributed by atoms with Crippen molar-refractivity contribution in [2.45, 2.75) is 18.8 Å². The molecule has 15 heavy (non-hydrogen) atoms. The van der Waals surface area contributed by atoms with Gasteiger partial charge in [-0.15, -0.1) is 0 Å². The van der Waals surface area contributed by atoms with Crippen LogP contribution in [0.5, 0.6) is 0 Å². The van der Waals surface area contributed by atoms with Crippen molar-refractivity contribution in [3.8, 4) is 0 Å². The van der Waals surface area contributed by atoms with Crippen molar-refractivity contribution in [2.75, 3.05) is 0 Å². The van der Waals surface area contributed by atoms with Gasteiger partial charge in [-0.3, -0.25) is 0 Å². The molecule has 3 N–H and O–H groups in total. The number of aliphatic hydroxyl groups excluding tert-OH is 1. The molecule has 0 aliphatic carbocycles. The zero-order valence-electron chi connectivity index (χ0n) is 7.55. The second-order valence-electron chi connectivity index (χ2n) is 3.08. The molecule has 0 saturated heterocycles. The second-order valence-corrected chi connectivity index (χ2v) is 3.49. The molecule has 0 fully saturated rings. The van der Waals surface area contributed by atoms with Crippen molar-refractivity contribution in [3.05, 3.63) is 34.3 Å². The van der Waals surface area contributed by atoms with E-state index < -0.39 is 18.0 Å². The van der Waals surface area contributed by atoms with Gasteiger partial charge in [-0.2, -0.15) is 13.2 Å². The lowest BCUT2D eigenvalue weighted by Gasteiger charge is -2.11. The molecule has 0 spiro atoms. The average Bonchev–Trinajstić information content (AvgIpc) is 1.99. The third-order valence-corrected chi connectivity index (χ3v) is 2.10. The molecule has 2 nitrogen and oxygen atoms in total. The van der Waals surface area contributed by atoms with E-state index in [0.717, 1.165) is 12.1 Å². The standard InChI is InChI=1S/C9H9ClF3NO/c10-7-3-5(4-8(14)15)1-2-6(7)9(11,12)13/h1-3,8,15H,4,14H2. The van der Waals surface area contributed by atoms with E-state index in [1.54, 1.807) is 0 Å². The minimum atomic E-state index is -4.46. The van der Waals surface area contributed by atoms with Crippen LogP contribution in [-0.2, 0) is 12.6 Å². The van der Waals surface area contributed by atoms with Crippen LogP contribution >= 0.6 is 11.6 Å². The Bertz CT molecular complexity index is 352. The van der Waals surface area contributed by atoms with Crippen LogP contribution < -0.4 is 5.73 Å². The quantitative estimate of drug-likeness (QED) is 0.777. The molecule has 1 aromatic carbocycles. The van der Waals surface area contributed by atoms with E-state index in [0.29, 0.717) is 5.56 Å². The summed E-state index contributed by atoms with van der Waals surface area (Å²) in [4.78, 5) is 0. The molecule has 6 heteroatoms. The monoisotopic (exact) mass is 239 g/mol. The Kier molecular flexibility index (Phi) is 3.59. The van der Waals surface area contributed by atoms with Gasteiger partial charge in [-0.1, -0.05) is 17.7 Å². The van der Waals surface area contributed by atoms with E-state index in [1.165, 1.54) is 6.07 Å². The van der Waals surface area contributed by atoms with Crippen LogP contribution in [-0.4, -0.2) is 11.3 Å². The number of rotatable bonds is 2. The fourth-order valence-electron chi connectivity index (χ4n) is 1.16. The number of benzene rings is 1. The molecule has 0 aliphatic rings. The fourth-order valence-corrected chi connectivity index (χ4v) is 1.47. The van der Waals surface area contributed by atoms with Gasteiger partial charge in [0.1, 0.15) is 6.23 Å². The van der Waals surface area contributed by atoms with Crippen molar-refractivity contribution in [1.82, 2.24) is 0 Å². The summed E-state index contributed by atoms with van der Waals surface area (Å²) in [5.74, 6) is 0. The molecule has 1 aromatic rings. The molecular weight excluding hydrogens is 231 g/mol. The minimum absolute atomic E-state index is 0.0673. The molecule has 84 valence electrons. The highest BCUT2D eigenvalue weighted by Crippen LogP contribution is 2.34. The summed E-state index contributed by atoms with van der Waals surface area (Å²) in [6.45, 7) is 0. The van der Waals surface area contributed by atoms with E-state index in [1.807, 2.05) is 0 Å². The summed E-state index contributed by atoms with van der Waals surface area (Å²) >= 11 is 5.46. The number of halogens is 4. The van der Waals surface area contributed by atoms with Gasteiger partial charge in [0.15, 0.2) is 0 Å². The van der Waals surface area contributed by atoms with Gasteiger partial charge in [-0.05, 0) is 17.7 Å². The number of aliphatic hydroxyl groups is 1. The topological polar surface area (TPSA) is 46.2 Å². The highest BCUT2D eigenvalue weighted by molar-refractivity contribution is 6.31. The van der Waals surface area contributed by atoms with E-state index in [9.17, 15) is 13.2 Å². The van der Waals surface area contributed by atoms with Crippen molar-refractivity contribution >= 4 is 11.6 Å². The zero-order valence-corrected chi connectivity index (χ0v) is 8.31. The van der Waals surface area contributed by atoms with Gasteiger partial charge < -0.3 is 10.8 Å². The summed E-state index contributed by atoms with van der Waals surface area (Å²) in [5.41, 5.74) is 4.66. The number of alkyl halides is 3. The first-order valence-electron chi connectivity index (χ1n) is 4.10. The maximum Gasteiger partial charge on any atom is 0.417 e. The van der Waals surface area contributed by atoms with Gasteiger partial charge in [-0.25, -0.2) is 0 Å². The second kappa shape index (κ2) is 4.38. The van der Waals surface area contributed by atoms with Gasteiger partial charge in [0.2, 0.25) is 0 Å². The summed E-state index contributed by atoms with van der Waals surface area (Å²) in [5, 5.41) is 8.45. The molecule has 0 heterocycles. The predicted octanol–water partition coefficient (Wildman–Crippen LogP) is 2.18. The lowest BCUT2D eigenvalue weighted by atomic mass is 10.1. The minimum Gasteiger partial charge on any atom is -0.378 e. The van der Waals surface area contributed by atoms with Gasteiger partial charge in [0.25, 0.3) is 0 Å². The van der Waals surface area contributed by atoms with Gasteiger partial charge in [0.05, 0.1) is 10.6 Å². The van der Waals surface area contributed by atoms with Crippen molar-refractivity contribution in [2.24, 2.45) is 5.73 Å². The van der Waals surface area contributed by atoms with Crippen LogP contribution in [0, 0.1) is 0 Å². The SMILES string of the molecule is NC(O)Cc1ccc(C(F)(F)F)c(Cl)c1. The molecule has 1 rings (SSSR count). The Morgan fingerprint density at radius 1 is 1.40 bits per heavy atom. The summed E-state index contributed by atoms with van der Waals surface area (Å²) in [6, 6.07) is 3.27. The molecule has 0 radical (unpaired) electrons. The van der Waals surface area contributed by atoms with Crippen molar-refractivity contribution in [3.63, 3.8) is 0 Å². The smallest absolute Gasteiger partial charge is 0.378 e. The van der Waals surface area contributed by atoms with Crippen LogP contribution in [0.1, 0.15) is 11.1 Å². The Morgan fingerprint density at radius 3 is 2.40 bits per heavy atom. The third kappa shape index (κ3) is 3.37. The predicted molar refractivity (Wildman–Crippen MR) is 50.4 cm³/mol. The van der Waals surface area contributed by atoms with Crippen molar-refractivity contribution in [1.29, 1.82) is 0 Å². The zero-order chi connectivity index (χ0) is 11.6. The molecule has 0 saturated carbocycles. The Hall–Kier alpha value is -0.780. The summed E-state index contributed by atoms with van der Waals surface area (Å²) in [7, 11) is 0. The van der Waals surface area contributed by atoms with Gasteiger partial charge >= 0.3 is 6.18 Å². The first kappa shape index (κ1) is 12.3. The highest BCUT2D eigenvalue weighted by Gasteiger charge is 2.32. The Balaban J connectivity index is 2.99. The molecular formula is C9H9ClF3NO. The Morgan fingerprint density at radius 2 is 2.00 bits per heavy atom. The van der Waals surface area contributed by atoms with E-state index >= 15 is 0 Å². The highest BCUT2D eigenvalue weighted by atomic mass is 35.5. The maximum atomic E-state index is 12.3. The normalized spacial score (nSPS) is 14.0. The van der Waals surface area contributed by atoms with Crippen molar-refractivity contribution < 1.29 is 18.3 Å².